The predicted molar refractivity (Wildman–Crippen MR) is 126 cm³/mol. The first-order chi connectivity index (χ1) is 16.1. The number of nitrogens with zero attached hydrogens (tertiary/aromatic N) is 2. The Hall–Kier alpha value is -3.93. The van der Waals surface area contributed by atoms with E-state index in [1.165, 1.54) is 12.1 Å². The van der Waals surface area contributed by atoms with Crippen LogP contribution in [-0.2, 0) is 24.2 Å². The van der Waals surface area contributed by atoms with Gasteiger partial charge in [-0.05, 0) is 42.7 Å². The Morgan fingerprint density at radius 1 is 1.00 bits per heavy atom. The molecule has 5 nitrogen and oxygen atoms in total. The normalized spacial score (nSPS) is 10.7. The third-order valence-corrected chi connectivity index (χ3v) is 5.30. The van der Waals surface area contributed by atoms with E-state index in [1.807, 2.05) is 67.6 Å². The molecule has 0 fully saturated rings. The molecule has 1 heterocycles. The zero-order valence-corrected chi connectivity index (χ0v) is 18.5. The van der Waals surface area contributed by atoms with Crippen molar-refractivity contribution in [1.82, 2.24) is 15.1 Å². The third-order valence-electron chi connectivity index (χ3n) is 5.30. The number of nitrogens with one attached hydrogen (secondary N) is 1. The molecule has 1 N–H and O–H groups in total. The Morgan fingerprint density at radius 3 is 2.42 bits per heavy atom. The number of carbonyl (C=O) groups is 1. The summed E-state index contributed by atoms with van der Waals surface area (Å²) in [4.78, 5) is 12.6. The zero-order valence-electron chi connectivity index (χ0n) is 18.5. The number of carbonyl (C=O) groups excluding carboxylic acids is 1. The molecule has 168 valence electrons. The lowest BCUT2D eigenvalue weighted by Gasteiger charge is -2.12. The summed E-state index contributed by atoms with van der Waals surface area (Å²) < 4.78 is 21.7. The Labute approximate surface area is 192 Å². The maximum absolute atomic E-state index is 13.8. The van der Waals surface area contributed by atoms with Gasteiger partial charge in [0.1, 0.15) is 11.6 Å². The maximum atomic E-state index is 13.8. The molecule has 0 saturated carbocycles. The summed E-state index contributed by atoms with van der Waals surface area (Å²) in [6, 6.07) is 25.4. The lowest BCUT2D eigenvalue weighted by atomic mass is 10.1. The van der Waals surface area contributed by atoms with E-state index in [0.29, 0.717) is 37.4 Å². The van der Waals surface area contributed by atoms with E-state index in [9.17, 15) is 9.18 Å². The monoisotopic (exact) mass is 443 g/mol. The minimum absolute atomic E-state index is 0.0509. The number of benzene rings is 3. The van der Waals surface area contributed by atoms with Crippen LogP contribution in [0.3, 0.4) is 0 Å². The highest BCUT2D eigenvalue weighted by molar-refractivity contribution is 5.76. The molecule has 0 aliphatic heterocycles. The Balaban J connectivity index is 1.58. The number of ether oxygens (including phenoxy) is 1. The van der Waals surface area contributed by atoms with Crippen molar-refractivity contribution < 1.29 is 13.9 Å². The number of hydrogen-bond donors (Lipinski definition) is 1. The zero-order chi connectivity index (χ0) is 23.0. The van der Waals surface area contributed by atoms with Gasteiger partial charge in [0.05, 0.1) is 11.4 Å². The predicted octanol–water partition coefficient (Wildman–Crippen LogP) is 5.62. The van der Waals surface area contributed by atoms with Gasteiger partial charge in [0.2, 0.25) is 11.8 Å². The van der Waals surface area contributed by atoms with Gasteiger partial charge in [-0.25, -0.2) is 9.07 Å². The summed E-state index contributed by atoms with van der Waals surface area (Å²) in [6.45, 7) is 2.50. The number of rotatable bonds is 9. The Morgan fingerprint density at radius 2 is 1.73 bits per heavy atom. The molecule has 4 rings (SSSR count). The first kappa shape index (κ1) is 22.3. The summed E-state index contributed by atoms with van der Waals surface area (Å²) >= 11 is 0. The van der Waals surface area contributed by atoms with E-state index in [2.05, 4.69) is 5.32 Å². The molecule has 0 bridgehead atoms. The summed E-state index contributed by atoms with van der Waals surface area (Å²) in [7, 11) is 0. The first-order valence-electron chi connectivity index (χ1n) is 11.0. The molecular formula is C27H26FN3O2. The molecule has 6 heteroatoms. The largest absolute Gasteiger partial charge is 0.439 e. The Bertz CT molecular complexity index is 1210. The number of amides is 1. The Kier molecular flexibility index (Phi) is 7.15. The van der Waals surface area contributed by atoms with Crippen LogP contribution in [0.1, 0.15) is 30.2 Å². The second kappa shape index (κ2) is 10.6. The molecule has 4 aromatic rings. The SMILES string of the molecule is CCc1nn(-c2ccccc2)c(Oc2cccc(F)c2)c1CCC(=O)NCc1ccccc1. The smallest absolute Gasteiger partial charge is 0.226 e. The van der Waals surface area contributed by atoms with Crippen molar-refractivity contribution in [3.05, 3.63) is 108 Å². The minimum atomic E-state index is -0.379. The van der Waals surface area contributed by atoms with Crippen LogP contribution < -0.4 is 10.1 Å². The van der Waals surface area contributed by atoms with Gasteiger partial charge < -0.3 is 10.1 Å². The fourth-order valence-electron chi connectivity index (χ4n) is 3.63. The van der Waals surface area contributed by atoms with Crippen molar-refractivity contribution >= 4 is 5.91 Å². The van der Waals surface area contributed by atoms with Crippen molar-refractivity contribution in [3.63, 3.8) is 0 Å². The molecule has 0 atom stereocenters. The van der Waals surface area contributed by atoms with E-state index in [-0.39, 0.29) is 11.7 Å². The van der Waals surface area contributed by atoms with Crippen LogP contribution in [0, 0.1) is 5.82 Å². The van der Waals surface area contributed by atoms with E-state index >= 15 is 0 Å². The van der Waals surface area contributed by atoms with Crippen molar-refractivity contribution in [2.45, 2.75) is 32.7 Å². The minimum Gasteiger partial charge on any atom is -0.439 e. The fourth-order valence-corrected chi connectivity index (χ4v) is 3.63. The van der Waals surface area contributed by atoms with Gasteiger partial charge in [0.25, 0.3) is 0 Å². The number of aromatic nitrogens is 2. The molecule has 0 aliphatic carbocycles. The summed E-state index contributed by atoms with van der Waals surface area (Å²) in [5.41, 5.74) is 3.58. The lowest BCUT2D eigenvalue weighted by Crippen LogP contribution is -2.23. The summed E-state index contributed by atoms with van der Waals surface area (Å²) in [5.74, 6) is 0.449. The van der Waals surface area contributed by atoms with Gasteiger partial charge in [-0.1, -0.05) is 61.5 Å². The van der Waals surface area contributed by atoms with Crippen molar-refractivity contribution in [3.8, 4) is 17.3 Å². The molecule has 0 radical (unpaired) electrons. The van der Waals surface area contributed by atoms with Crippen LogP contribution >= 0.6 is 0 Å². The molecular weight excluding hydrogens is 417 g/mol. The molecule has 0 aliphatic rings. The lowest BCUT2D eigenvalue weighted by molar-refractivity contribution is -0.121. The van der Waals surface area contributed by atoms with Crippen LogP contribution in [0.2, 0.25) is 0 Å². The molecule has 0 spiro atoms. The molecule has 0 saturated heterocycles. The average Bonchev–Trinajstić information content (AvgIpc) is 3.19. The highest BCUT2D eigenvalue weighted by atomic mass is 19.1. The average molecular weight is 444 g/mol. The van der Waals surface area contributed by atoms with E-state index in [4.69, 9.17) is 9.84 Å². The quantitative estimate of drug-likeness (QED) is 0.366. The van der Waals surface area contributed by atoms with Gasteiger partial charge in [0.15, 0.2) is 0 Å². The molecule has 3 aromatic carbocycles. The molecule has 1 aromatic heterocycles. The van der Waals surface area contributed by atoms with Crippen LogP contribution in [-0.4, -0.2) is 15.7 Å². The summed E-state index contributed by atoms with van der Waals surface area (Å²) in [5, 5.41) is 7.72. The summed E-state index contributed by atoms with van der Waals surface area (Å²) in [6.07, 6.45) is 1.43. The van der Waals surface area contributed by atoms with Crippen LogP contribution in [0.4, 0.5) is 4.39 Å². The van der Waals surface area contributed by atoms with Gasteiger partial charge >= 0.3 is 0 Å². The van der Waals surface area contributed by atoms with Crippen LogP contribution in [0.5, 0.6) is 11.6 Å². The molecule has 1 amide bonds. The van der Waals surface area contributed by atoms with Crippen molar-refractivity contribution in [2.75, 3.05) is 0 Å². The first-order valence-corrected chi connectivity index (χ1v) is 11.0. The maximum Gasteiger partial charge on any atom is 0.226 e. The highest BCUT2D eigenvalue weighted by Crippen LogP contribution is 2.32. The molecule has 0 unspecified atom stereocenters. The van der Waals surface area contributed by atoms with E-state index < -0.39 is 0 Å². The number of para-hydroxylation sites is 1. The highest BCUT2D eigenvalue weighted by Gasteiger charge is 2.21. The second-order valence-electron chi connectivity index (χ2n) is 7.65. The number of aryl methyl sites for hydroxylation is 1. The second-order valence-corrected chi connectivity index (χ2v) is 7.65. The topological polar surface area (TPSA) is 56.2 Å². The van der Waals surface area contributed by atoms with Gasteiger partial charge in [0, 0.05) is 24.6 Å². The number of hydrogen-bond acceptors (Lipinski definition) is 3. The third kappa shape index (κ3) is 5.66. The van der Waals surface area contributed by atoms with Gasteiger partial charge in [-0.3, -0.25) is 4.79 Å². The standard InChI is InChI=1S/C27H26FN3O2/c1-2-25-24(16-17-26(32)29-19-20-10-5-3-6-11-20)27(33-23-15-9-12-21(28)18-23)31(30-25)22-13-7-4-8-14-22/h3-15,18H,2,16-17,19H2,1H3,(H,29,32). The van der Waals surface area contributed by atoms with Crippen molar-refractivity contribution in [1.29, 1.82) is 0 Å². The number of halogens is 1. The van der Waals surface area contributed by atoms with E-state index in [0.717, 1.165) is 22.5 Å². The van der Waals surface area contributed by atoms with Crippen LogP contribution in [0.15, 0.2) is 84.9 Å². The van der Waals surface area contributed by atoms with Gasteiger partial charge in [-0.2, -0.15) is 5.10 Å². The van der Waals surface area contributed by atoms with Gasteiger partial charge in [-0.15, -0.1) is 0 Å². The fraction of sp³-hybridized carbons (Fsp3) is 0.185. The van der Waals surface area contributed by atoms with E-state index in [1.54, 1.807) is 16.8 Å². The van der Waals surface area contributed by atoms with Crippen molar-refractivity contribution in [2.24, 2.45) is 0 Å². The molecule has 33 heavy (non-hydrogen) atoms. The van der Waals surface area contributed by atoms with Crippen LogP contribution in [0.25, 0.3) is 5.69 Å².